The van der Waals surface area contributed by atoms with Gasteiger partial charge in [-0.05, 0) is 31.6 Å². The molecule has 2 nitrogen and oxygen atoms in total. The Bertz CT molecular complexity index is 167. The lowest BCUT2D eigenvalue weighted by molar-refractivity contribution is -0.0592. The van der Waals surface area contributed by atoms with Crippen LogP contribution in [-0.4, -0.2) is 24.9 Å². The molecule has 1 aliphatic carbocycles. The molecule has 2 fully saturated rings. The van der Waals surface area contributed by atoms with Gasteiger partial charge >= 0.3 is 0 Å². The second-order valence-corrected chi connectivity index (χ2v) is 4.97. The van der Waals surface area contributed by atoms with Crippen LogP contribution in [0.3, 0.4) is 0 Å². The van der Waals surface area contributed by atoms with Crippen LogP contribution >= 0.6 is 0 Å². The van der Waals surface area contributed by atoms with Crippen LogP contribution in [0, 0.1) is 11.3 Å². The molecule has 1 aliphatic heterocycles. The Hall–Kier alpha value is -0.0800. The first-order chi connectivity index (χ1) is 6.87. The molecule has 82 valence electrons. The van der Waals surface area contributed by atoms with Crippen LogP contribution in [0.25, 0.3) is 0 Å². The predicted molar refractivity (Wildman–Crippen MR) is 56.1 cm³/mol. The second-order valence-electron chi connectivity index (χ2n) is 4.97. The van der Waals surface area contributed by atoms with Crippen LogP contribution in [-0.2, 0) is 4.74 Å². The molecule has 0 radical (unpaired) electrons. The maximum Gasteiger partial charge on any atom is 0.0491 e. The van der Waals surface area contributed by atoms with Crippen molar-refractivity contribution in [3.8, 4) is 0 Å². The fraction of sp³-hybridized carbons (Fsp3) is 1.00. The molecule has 0 aromatic heterocycles. The van der Waals surface area contributed by atoms with Crippen molar-refractivity contribution in [1.29, 1.82) is 0 Å². The number of aliphatic hydroxyl groups excluding tert-OH is 1. The molecule has 1 saturated carbocycles. The number of hydrogen-bond donors (Lipinski definition) is 1. The van der Waals surface area contributed by atoms with Gasteiger partial charge in [0.05, 0.1) is 0 Å². The van der Waals surface area contributed by atoms with E-state index >= 15 is 0 Å². The first-order valence-corrected chi connectivity index (χ1v) is 6.06. The molecule has 0 bridgehead atoms. The maximum absolute atomic E-state index is 9.64. The van der Waals surface area contributed by atoms with Gasteiger partial charge in [0.2, 0.25) is 0 Å². The van der Waals surface area contributed by atoms with Gasteiger partial charge in [-0.1, -0.05) is 19.3 Å². The third-order valence-electron chi connectivity index (χ3n) is 4.27. The summed E-state index contributed by atoms with van der Waals surface area (Å²) in [6, 6.07) is 0. The van der Waals surface area contributed by atoms with Crippen LogP contribution in [0.15, 0.2) is 0 Å². The van der Waals surface area contributed by atoms with Crippen LogP contribution in [0.5, 0.6) is 0 Å². The molecule has 0 unspecified atom stereocenters. The summed E-state index contributed by atoms with van der Waals surface area (Å²) >= 11 is 0. The van der Waals surface area contributed by atoms with E-state index in [-0.39, 0.29) is 5.41 Å². The fourth-order valence-electron chi connectivity index (χ4n) is 3.19. The molecular weight excluding hydrogens is 176 g/mol. The second kappa shape index (κ2) is 4.63. The van der Waals surface area contributed by atoms with Crippen molar-refractivity contribution < 1.29 is 9.84 Å². The molecule has 2 heteroatoms. The molecule has 2 rings (SSSR count). The van der Waals surface area contributed by atoms with Gasteiger partial charge in [0.25, 0.3) is 0 Å². The zero-order valence-electron chi connectivity index (χ0n) is 9.00. The Kier molecular flexibility index (Phi) is 3.45. The summed E-state index contributed by atoms with van der Waals surface area (Å²) in [5.41, 5.74) is 0.221. The lowest BCUT2D eigenvalue weighted by Crippen LogP contribution is -2.40. The van der Waals surface area contributed by atoms with Gasteiger partial charge < -0.3 is 9.84 Å². The average Bonchev–Trinajstić information content (AvgIpc) is 2.31. The Morgan fingerprint density at radius 3 is 2.29 bits per heavy atom. The molecule has 14 heavy (non-hydrogen) atoms. The van der Waals surface area contributed by atoms with E-state index in [0.717, 1.165) is 32.0 Å². The summed E-state index contributed by atoms with van der Waals surface area (Å²) < 4.78 is 5.41. The van der Waals surface area contributed by atoms with Gasteiger partial charge in [0.15, 0.2) is 0 Å². The van der Waals surface area contributed by atoms with Crippen molar-refractivity contribution in [2.75, 3.05) is 19.8 Å². The molecule has 2 aliphatic rings. The Morgan fingerprint density at radius 2 is 1.71 bits per heavy atom. The zero-order valence-corrected chi connectivity index (χ0v) is 9.00. The fourth-order valence-corrected chi connectivity index (χ4v) is 3.19. The van der Waals surface area contributed by atoms with E-state index in [1.165, 1.54) is 32.1 Å². The van der Waals surface area contributed by atoms with E-state index in [1.54, 1.807) is 0 Å². The van der Waals surface area contributed by atoms with Crippen LogP contribution in [0.2, 0.25) is 0 Å². The topological polar surface area (TPSA) is 29.5 Å². The van der Waals surface area contributed by atoms with Gasteiger partial charge in [0, 0.05) is 25.2 Å². The third-order valence-corrected chi connectivity index (χ3v) is 4.27. The monoisotopic (exact) mass is 198 g/mol. The third kappa shape index (κ3) is 1.96. The molecule has 0 aromatic rings. The largest absolute Gasteiger partial charge is 0.396 e. The highest BCUT2D eigenvalue weighted by molar-refractivity contribution is 4.89. The molecule has 0 spiro atoms. The molecular formula is C12H22O2. The van der Waals surface area contributed by atoms with E-state index in [1.807, 2.05) is 0 Å². The number of hydrogen-bond acceptors (Lipinski definition) is 2. The average molecular weight is 198 g/mol. The Morgan fingerprint density at radius 1 is 1.07 bits per heavy atom. The summed E-state index contributed by atoms with van der Waals surface area (Å²) in [6.45, 7) is 2.09. The summed E-state index contributed by atoms with van der Waals surface area (Å²) in [5.74, 6) is 0.769. The SMILES string of the molecule is OCC1(C2CCCCC2)CCOCC1. The number of rotatable bonds is 2. The van der Waals surface area contributed by atoms with Gasteiger partial charge in [0.1, 0.15) is 0 Å². The summed E-state index contributed by atoms with van der Waals surface area (Å²) in [7, 11) is 0. The first-order valence-electron chi connectivity index (χ1n) is 6.06. The molecule has 1 heterocycles. The predicted octanol–water partition coefficient (Wildman–Crippen LogP) is 2.36. The van der Waals surface area contributed by atoms with Crippen molar-refractivity contribution in [3.63, 3.8) is 0 Å². The molecule has 1 N–H and O–H groups in total. The minimum Gasteiger partial charge on any atom is -0.396 e. The van der Waals surface area contributed by atoms with E-state index in [2.05, 4.69) is 0 Å². The molecule has 0 aromatic carbocycles. The normalized spacial score (nSPS) is 28.9. The van der Waals surface area contributed by atoms with E-state index < -0.39 is 0 Å². The van der Waals surface area contributed by atoms with Gasteiger partial charge in [-0.3, -0.25) is 0 Å². The zero-order chi connectivity index (χ0) is 9.86. The van der Waals surface area contributed by atoms with E-state index in [9.17, 15) is 5.11 Å². The minimum absolute atomic E-state index is 0.221. The molecule has 1 saturated heterocycles. The number of ether oxygens (including phenoxy) is 1. The number of aliphatic hydroxyl groups is 1. The summed E-state index contributed by atoms with van der Waals surface area (Å²) in [4.78, 5) is 0. The van der Waals surface area contributed by atoms with Gasteiger partial charge in [-0.25, -0.2) is 0 Å². The standard InChI is InChI=1S/C12H22O2/c13-10-12(6-8-14-9-7-12)11-4-2-1-3-5-11/h11,13H,1-10H2. The highest BCUT2D eigenvalue weighted by atomic mass is 16.5. The van der Waals surface area contributed by atoms with Crippen molar-refractivity contribution >= 4 is 0 Å². The molecule has 0 amide bonds. The van der Waals surface area contributed by atoms with E-state index in [0.29, 0.717) is 6.61 Å². The van der Waals surface area contributed by atoms with Crippen molar-refractivity contribution in [2.24, 2.45) is 11.3 Å². The van der Waals surface area contributed by atoms with Crippen LogP contribution in [0.1, 0.15) is 44.9 Å². The van der Waals surface area contributed by atoms with Crippen LogP contribution in [0.4, 0.5) is 0 Å². The lowest BCUT2D eigenvalue weighted by Gasteiger charge is -2.44. The van der Waals surface area contributed by atoms with Crippen molar-refractivity contribution in [2.45, 2.75) is 44.9 Å². The Balaban J connectivity index is 2.01. The van der Waals surface area contributed by atoms with Gasteiger partial charge in [-0.2, -0.15) is 0 Å². The van der Waals surface area contributed by atoms with Crippen molar-refractivity contribution in [3.05, 3.63) is 0 Å². The summed E-state index contributed by atoms with van der Waals surface area (Å²) in [5, 5.41) is 9.64. The van der Waals surface area contributed by atoms with Gasteiger partial charge in [-0.15, -0.1) is 0 Å². The van der Waals surface area contributed by atoms with E-state index in [4.69, 9.17) is 4.74 Å². The van der Waals surface area contributed by atoms with Crippen LogP contribution < -0.4 is 0 Å². The highest BCUT2D eigenvalue weighted by Crippen LogP contribution is 2.44. The lowest BCUT2D eigenvalue weighted by atomic mass is 9.65. The minimum atomic E-state index is 0.221. The highest BCUT2D eigenvalue weighted by Gasteiger charge is 2.39. The summed E-state index contributed by atoms with van der Waals surface area (Å²) in [6.07, 6.45) is 8.96. The quantitative estimate of drug-likeness (QED) is 0.738. The molecule has 0 atom stereocenters. The Labute approximate surface area is 86.6 Å². The van der Waals surface area contributed by atoms with Crippen molar-refractivity contribution in [1.82, 2.24) is 0 Å². The maximum atomic E-state index is 9.64. The first kappa shape index (κ1) is 10.4. The smallest absolute Gasteiger partial charge is 0.0491 e.